The van der Waals surface area contributed by atoms with Gasteiger partial charge in [0.1, 0.15) is 5.82 Å². The normalized spacial score (nSPS) is 10.4. The number of benzene rings is 1. The third-order valence-electron chi connectivity index (χ3n) is 3.23. The molecule has 0 unspecified atom stereocenters. The average molecular weight is 311 g/mol. The van der Waals surface area contributed by atoms with Crippen LogP contribution in [0, 0.1) is 11.3 Å². The second-order valence-corrected chi connectivity index (χ2v) is 5.19. The standard InChI is InChI=1S/C16H11ClN4O/c17-13-1-2-14-11(7-13)6-12(16(22)21-14)9-20-15-5-10(8-18)3-4-19-15/h1-7H,9H2,(H,19,20)(H,21,22). The minimum absolute atomic E-state index is 0.168. The summed E-state index contributed by atoms with van der Waals surface area (Å²) in [6.07, 6.45) is 1.55. The topological polar surface area (TPSA) is 81.6 Å². The van der Waals surface area contributed by atoms with E-state index >= 15 is 0 Å². The molecule has 0 bridgehead atoms. The van der Waals surface area contributed by atoms with E-state index in [4.69, 9.17) is 16.9 Å². The molecular weight excluding hydrogens is 300 g/mol. The van der Waals surface area contributed by atoms with Crippen molar-refractivity contribution in [3.05, 3.63) is 69.1 Å². The van der Waals surface area contributed by atoms with Gasteiger partial charge in [0.05, 0.1) is 11.6 Å². The van der Waals surface area contributed by atoms with E-state index in [1.54, 1.807) is 42.6 Å². The van der Waals surface area contributed by atoms with E-state index in [1.165, 1.54) is 0 Å². The van der Waals surface area contributed by atoms with Gasteiger partial charge in [-0.1, -0.05) is 11.6 Å². The lowest BCUT2D eigenvalue weighted by molar-refractivity contribution is 1.07. The minimum atomic E-state index is -0.168. The van der Waals surface area contributed by atoms with Gasteiger partial charge in [-0.05, 0) is 36.4 Å². The Hall–Kier alpha value is -2.84. The van der Waals surface area contributed by atoms with Gasteiger partial charge in [0.25, 0.3) is 5.56 Å². The van der Waals surface area contributed by atoms with Crippen molar-refractivity contribution in [3.8, 4) is 6.07 Å². The van der Waals surface area contributed by atoms with Crippen LogP contribution in [0.15, 0.2) is 47.4 Å². The average Bonchev–Trinajstić information content (AvgIpc) is 2.53. The first-order valence-electron chi connectivity index (χ1n) is 6.57. The number of hydrogen-bond acceptors (Lipinski definition) is 4. The Labute approximate surface area is 131 Å². The monoisotopic (exact) mass is 310 g/mol. The molecule has 6 heteroatoms. The Morgan fingerprint density at radius 1 is 1.27 bits per heavy atom. The van der Waals surface area contributed by atoms with Crippen LogP contribution in [0.3, 0.4) is 0 Å². The largest absolute Gasteiger partial charge is 0.366 e. The highest BCUT2D eigenvalue weighted by Gasteiger charge is 2.04. The molecule has 0 spiro atoms. The molecule has 2 N–H and O–H groups in total. The Kier molecular flexibility index (Phi) is 3.77. The molecule has 0 atom stereocenters. The summed E-state index contributed by atoms with van der Waals surface area (Å²) in [5.74, 6) is 0.546. The lowest BCUT2D eigenvalue weighted by Gasteiger charge is -2.07. The third kappa shape index (κ3) is 2.92. The molecule has 0 aliphatic heterocycles. The fraction of sp³-hybridized carbons (Fsp3) is 0.0625. The molecular formula is C16H11ClN4O. The number of pyridine rings is 2. The molecule has 2 heterocycles. The van der Waals surface area contributed by atoms with Gasteiger partial charge in [-0.15, -0.1) is 0 Å². The smallest absolute Gasteiger partial charge is 0.253 e. The predicted molar refractivity (Wildman–Crippen MR) is 85.9 cm³/mol. The van der Waals surface area contributed by atoms with Gasteiger partial charge in [-0.2, -0.15) is 5.26 Å². The molecule has 1 aromatic carbocycles. The molecule has 0 saturated carbocycles. The third-order valence-corrected chi connectivity index (χ3v) is 3.47. The highest BCUT2D eigenvalue weighted by atomic mass is 35.5. The van der Waals surface area contributed by atoms with E-state index in [1.807, 2.05) is 6.07 Å². The number of fused-ring (bicyclic) bond motifs is 1. The summed E-state index contributed by atoms with van der Waals surface area (Å²) in [5, 5.41) is 13.4. The molecule has 22 heavy (non-hydrogen) atoms. The summed E-state index contributed by atoms with van der Waals surface area (Å²) in [6.45, 7) is 0.305. The van der Waals surface area contributed by atoms with Crippen molar-refractivity contribution in [2.24, 2.45) is 0 Å². The molecule has 108 valence electrons. The summed E-state index contributed by atoms with van der Waals surface area (Å²) in [7, 11) is 0. The van der Waals surface area contributed by atoms with E-state index in [0.717, 1.165) is 10.9 Å². The Morgan fingerprint density at radius 2 is 2.14 bits per heavy atom. The van der Waals surface area contributed by atoms with Crippen molar-refractivity contribution < 1.29 is 0 Å². The fourth-order valence-electron chi connectivity index (χ4n) is 2.14. The fourth-order valence-corrected chi connectivity index (χ4v) is 2.32. The molecule has 0 aliphatic carbocycles. The van der Waals surface area contributed by atoms with Crippen molar-refractivity contribution in [2.45, 2.75) is 6.54 Å². The summed E-state index contributed by atoms with van der Waals surface area (Å²) in [4.78, 5) is 19.0. The number of aromatic amines is 1. The molecule has 0 saturated heterocycles. The number of rotatable bonds is 3. The lowest BCUT2D eigenvalue weighted by Crippen LogP contribution is -2.16. The number of H-pyrrole nitrogens is 1. The van der Waals surface area contributed by atoms with Crippen LogP contribution in [-0.2, 0) is 6.54 Å². The van der Waals surface area contributed by atoms with Gasteiger partial charge in [-0.25, -0.2) is 4.98 Å². The van der Waals surface area contributed by atoms with Crippen molar-refractivity contribution in [2.75, 3.05) is 5.32 Å². The Morgan fingerprint density at radius 3 is 2.95 bits per heavy atom. The van der Waals surface area contributed by atoms with E-state index in [0.29, 0.717) is 28.5 Å². The zero-order chi connectivity index (χ0) is 15.5. The van der Waals surface area contributed by atoms with Crippen LogP contribution in [-0.4, -0.2) is 9.97 Å². The number of halogens is 1. The van der Waals surface area contributed by atoms with Gasteiger partial charge < -0.3 is 10.3 Å². The molecule has 0 radical (unpaired) electrons. The zero-order valence-electron chi connectivity index (χ0n) is 11.4. The maximum atomic E-state index is 12.1. The first-order chi connectivity index (χ1) is 10.7. The minimum Gasteiger partial charge on any atom is -0.366 e. The van der Waals surface area contributed by atoms with Crippen molar-refractivity contribution in [3.63, 3.8) is 0 Å². The lowest BCUT2D eigenvalue weighted by atomic mass is 10.1. The molecule has 3 rings (SSSR count). The van der Waals surface area contributed by atoms with E-state index in [9.17, 15) is 4.79 Å². The molecule has 5 nitrogen and oxygen atoms in total. The predicted octanol–water partition coefficient (Wildman–Crippen LogP) is 3.06. The SMILES string of the molecule is N#Cc1ccnc(NCc2cc3cc(Cl)ccc3[nH]c2=O)c1. The molecule has 0 fully saturated rings. The first-order valence-corrected chi connectivity index (χ1v) is 6.95. The van der Waals surface area contributed by atoms with Gasteiger partial charge in [0, 0.05) is 34.2 Å². The highest BCUT2D eigenvalue weighted by Crippen LogP contribution is 2.17. The van der Waals surface area contributed by atoms with Gasteiger partial charge in [0.15, 0.2) is 0 Å². The van der Waals surface area contributed by atoms with Crippen molar-refractivity contribution >= 4 is 28.3 Å². The summed E-state index contributed by atoms with van der Waals surface area (Å²) in [5.41, 5.74) is 1.65. The van der Waals surface area contributed by atoms with Crippen LogP contribution in [0.25, 0.3) is 10.9 Å². The second kappa shape index (κ2) is 5.88. The van der Waals surface area contributed by atoms with Gasteiger partial charge >= 0.3 is 0 Å². The van der Waals surface area contributed by atoms with Crippen molar-refractivity contribution in [1.82, 2.24) is 9.97 Å². The van der Waals surface area contributed by atoms with E-state index < -0.39 is 0 Å². The van der Waals surface area contributed by atoms with Gasteiger partial charge in [-0.3, -0.25) is 4.79 Å². The molecule has 0 amide bonds. The Bertz CT molecular complexity index is 943. The van der Waals surface area contributed by atoms with Crippen LogP contribution in [0.5, 0.6) is 0 Å². The number of nitrogens with zero attached hydrogens (tertiary/aromatic N) is 2. The number of hydrogen-bond donors (Lipinski definition) is 2. The molecule has 2 aromatic heterocycles. The van der Waals surface area contributed by atoms with Crippen LogP contribution < -0.4 is 10.9 Å². The van der Waals surface area contributed by atoms with Gasteiger partial charge in [0.2, 0.25) is 0 Å². The van der Waals surface area contributed by atoms with Crippen LogP contribution in [0.4, 0.5) is 5.82 Å². The number of nitrogens with one attached hydrogen (secondary N) is 2. The summed E-state index contributed by atoms with van der Waals surface area (Å²) < 4.78 is 0. The Balaban J connectivity index is 1.88. The van der Waals surface area contributed by atoms with Crippen LogP contribution in [0.2, 0.25) is 5.02 Å². The molecule has 3 aromatic rings. The number of nitriles is 1. The zero-order valence-corrected chi connectivity index (χ0v) is 12.2. The maximum Gasteiger partial charge on any atom is 0.253 e. The summed E-state index contributed by atoms with van der Waals surface area (Å²) >= 11 is 5.97. The quantitative estimate of drug-likeness (QED) is 0.779. The summed E-state index contributed by atoms with van der Waals surface area (Å²) in [6, 6.07) is 12.4. The van der Waals surface area contributed by atoms with Crippen molar-refractivity contribution in [1.29, 1.82) is 5.26 Å². The second-order valence-electron chi connectivity index (χ2n) is 4.75. The van der Waals surface area contributed by atoms with Crippen LogP contribution in [0.1, 0.15) is 11.1 Å². The number of anilines is 1. The maximum absolute atomic E-state index is 12.1. The highest BCUT2D eigenvalue weighted by molar-refractivity contribution is 6.31. The van der Waals surface area contributed by atoms with Crippen LogP contribution >= 0.6 is 11.6 Å². The first kappa shape index (κ1) is 14.1. The number of aromatic nitrogens is 2. The molecule has 0 aliphatic rings. The van der Waals surface area contributed by atoms with E-state index in [2.05, 4.69) is 15.3 Å². The van der Waals surface area contributed by atoms with E-state index in [-0.39, 0.29) is 5.56 Å².